The zero-order valence-electron chi connectivity index (χ0n) is 14.3. The normalized spacial score (nSPS) is 18.9. The summed E-state index contributed by atoms with van der Waals surface area (Å²) in [5, 5.41) is 8.51. The van der Waals surface area contributed by atoms with E-state index in [0.717, 1.165) is 50.6 Å². The van der Waals surface area contributed by atoms with E-state index in [-0.39, 0.29) is 6.10 Å². The van der Waals surface area contributed by atoms with Crippen molar-refractivity contribution in [2.75, 3.05) is 26.2 Å². The summed E-state index contributed by atoms with van der Waals surface area (Å²) in [7, 11) is 1.87. The molecule has 1 saturated heterocycles. The van der Waals surface area contributed by atoms with Gasteiger partial charge in [-0.3, -0.25) is 9.58 Å². The number of hydrogen-bond acceptors (Lipinski definition) is 4. The van der Waals surface area contributed by atoms with Crippen molar-refractivity contribution < 1.29 is 4.74 Å². The van der Waals surface area contributed by atoms with Crippen molar-refractivity contribution in [3.63, 3.8) is 0 Å². The van der Waals surface area contributed by atoms with Gasteiger partial charge in [0.25, 0.3) is 0 Å². The molecule has 6 heteroatoms. The van der Waals surface area contributed by atoms with Gasteiger partial charge in [0.2, 0.25) is 0 Å². The number of hydrogen-bond donors (Lipinski definition) is 1. The number of nitrogens with one attached hydrogen (secondary N) is 1. The number of rotatable bonds is 6. The number of ether oxygens (including phenoxy) is 1. The predicted octanol–water partition coefficient (Wildman–Crippen LogP) is 2.37. The molecule has 0 aliphatic carbocycles. The zero-order valence-corrected chi connectivity index (χ0v) is 15.1. The molecule has 1 atom stereocenters. The average Bonchev–Trinajstić information content (AvgIpc) is 2.82. The fraction of sp³-hybridized carbons (Fsp3) is 0.500. The molecule has 1 aliphatic rings. The Morgan fingerprint density at radius 2 is 2.12 bits per heavy atom. The van der Waals surface area contributed by atoms with E-state index in [2.05, 4.69) is 45.6 Å². The molecule has 0 radical (unpaired) electrons. The molecule has 2 aromatic rings. The van der Waals surface area contributed by atoms with E-state index in [4.69, 9.17) is 16.3 Å². The Morgan fingerprint density at radius 3 is 2.83 bits per heavy atom. The lowest BCUT2D eigenvalue weighted by Gasteiger charge is -2.33. The Labute approximate surface area is 148 Å². The first kappa shape index (κ1) is 17.4. The van der Waals surface area contributed by atoms with Crippen LogP contribution in [-0.4, -0.2) is 47.0 Å². The molecule has 0 bridgehead atoms. The maximum Gasteiger partial charge on any atom is 0.131 e. The second-order valence-corrected chi connectivity index (χ2v) is 6.68. The Hall–Kier alpha value is -1.40. The lowest BCUT2D eigenvalue weighted by molar-refractivity contribution is -0.0300. The lowest BCUT2D eigenvalue weighted by atomic mass is 10.2. The molecule has 0 amide bonds. The van der Waals surface area contributed by atoms with E-state index in [1.807, 2.05) is 14.0 Å². The molecular weight excluding hydrogens is 324 g/mol. The van der Waals surface area contributed by atoms with Crippen LogP contribution in [0, 0.1) is 6.92 Å². The van der Waals surface area contributed by atoms with Crippen molar-refractivity contribution in [1.29, 1.82) is 0 Å². The van der Waals surface area contributed by atoms with Crippen LogP contribution in [0.1, 0.15) is 16.8 Å². The molecule has 3 rings (SSSR count). The first-order chi connectivity index (χ1) is 11.6. The maximum absolute atomic E-state index is 6.27. The first-order valence-corrected chi connectivity index (χ1v) is 8.78. The van der Waals surface area contributed by atoms with Crippen molar-refractivity contribution in [1.82, 2.24) is 20.0 Å². The summed E-state index contributed by atoms with van der Waals surface area (Å²) in [5.74, 6) is 0. The minimum Gasteiger partial charge on any atom is -0.374 e. The van der Waals surface area contributed by atoms with Crippen molar-refractivity contribution >= 4 is 11.6 Å². The highest BCUT2D eigenvalue weighted by Crippen LogP contribution is 2.18. The molecule has 1 aromatic heterocycles. The van der Waals surface area contributed by atoms with E-state index in [0.29, 0.717) is 5.15 Å². The molecule has 1 fully saturated rings. The SMILES string of the molecule is Cc1nn(C)c(Cl)c1CNC[C@@H]1CN(Cc2ccccc2)CCO1. The van der Waals surface area contributed by atoms with Gasteiger partial charge in [0, 0.05) is 45.3 Å². The summed E-state index contributed by atoms with van der Waals surface area (Å²) in [6.07, 6.45) is 0.207. The number of aromatic nitrogens is 2. The van der Waals surface area contributed by atoms with Crippen molar-refractivity contribution in [2.45, 2.75) is 26.1 Å². The molecule has 2 heterocycles. The highest BCUT2D eigenvalue weighted by Gasteiger charge is 2.20. The van der Waals surface area contributed by atoms with Gasteiger partial charge in [-0.05, 0) is 12.5 Å². The molecule has 0 unspecified atom stereocenters. The van der Waals surface area contributed by atoms with Crippen LogP contribution >= 0.6 is 11.6 Å². The van der Waals surface area contributed by atoms with Crippen molar-refractivity contribution in [2.24, 2.45) is 7.05 Å². The van der Waals surface area contributed by atoms with E-state index in [1.54, 1.807) is 4.68 Å². The Balaban J connectivity index is 1.47. The third kappa shape index (κ3) is 4.36. The molecule has 0 spiro atoms. The summed E-state index contributed by atoms with van der Waals surface area (Å²) in [6.45, 7) is 7.22. The smallest absolute Gasteiger partial charge is 0.131 e. The van der Waals surface area contributed by atoms with E-state index in [9.17, 15) is 0 Å². The Kier molecular flexibility index (Phi) is 5.89. The van der Waals surface area contributed by atoms with Crippen LogP contribution in [-0.2, 0) is 24.9 Å². The summed E-state index contributed by atoms with van der Waals surface area (Å²) >= 11 is 6.27. The first-order valence-electron chi connectivity index (χ1n) is 8.40. The van der Waals surface area contributed by atoms with Gasteiger partial charge in [0.05, 0.1) is 18.4 Å². The third-order valence-electron chi connectivity index (χ3n) is 4.42. The number of nitrogens with zero attached hydrogens (tertiary/aromatic N) is 3. The van der Waals surface area contributed by atoms with Crippen LogP contribution in [0.2, 0.25) is 5.15 Å². The van der Waals surface area contributed by atoms with Crippen LogP contribution in [0.4, 0.5) is 0 Å². The van der Waals surface area contributed by atoms with Crippen LogP contribution in [0.25, 0.3) is 0 Å². The summed E-state index contributed by atoms with van der Waals surface area (Å²) in [5.41, 5.74) is 3.39. The van der Waals surface area contributed by atoms with Gasteiger partial charge < -0.3 is 10.1 Å². The van der Waals surface area contributed by atoms with Crippen molar-refractivity contribution in [3.8, 4) is 0 Å². The molecule has 5 nitrogen and oxygen atoms in total. The van der Waals surface area contributed by atoms with Gasteiger partial charge in [-0.25, -0.2) is 0 Å². The van der Waals surface area contributed by atoms with Crippen molar-refractivity contribution in [3.05, 3.63) is 52.3 Å². The van der Waals surface area contributed by atoms with Crippen LogP contribution < -0.4 is 5.32 Å². The second-order valence-electron chi connectivity index (χ2n) is 6.32. The average molecular weight is 349 g/mol. The Bertz CT molecular complexity index is 659. The predicted molar refractivity (Wildman–Crippen MR) is 96.1 cm³/mol. The second kappa shape index (κ2) is 8.12. The summed E-state index contributed by atoms with van der Waals surface area (Å²) in [6, 6.07) is 10.6. The maximum atomic E-state index is 6.27. The standard InChI is InChI=1S/C18H25ClN4O/c1-14-17(18(19)22(2)21-14)11-20-10-16-13-23(8-9-24-16)12-15-6-4-3-5-7-15/h3-7,16,20H,8-13H2,1-2H3/t16-/m1/s1. The number of benzene rings is 1. The highest BCUT2D eigenvalue weighted by molar-refractivity contribution is 6.30. The molecule has 1 N–H and O–H groups in total. The molecular formula is C18H25ClN4O. The van der Waals surface area contributed by atoms with Crippen LogP contribution in [0.5, 0.6) is 0 Å². The molecule has 1 aliphatic heterocycles. The molecule has 0 saturated carbocycles. The van der Waals surface area contributed by atoms with Gasteiger partial charge in [-0.2, -0.15) is 5.10 Å². The quantitative estimate of drug-likeness (QED) is 0.870. The third-order valence-corrected chi connectivity index (χ3v) is 4.89. The number of halogens is 1. The van der Waals surface area contributed by atoms with Gasteiger partial charge in [0.1, 0.15) is 5.15 Å². The fourth-order valence-corrected chi connectivity index (χ4v) is 3.36. The summed E-state index contributed by atoms with van der Waals surface area (Å²) in [4.78, 5) is 2.45. The number of aryl methyl sites for hydroxylation is 2. The van der Waals surface area contributed by atoms with Gasteiger partial charge in [0.15, 0.2) is 0 Å². The topological polar surface area (TPSA) is 42.3 Å². The minimum atomic E-state index is 0.207. The van der Waals surface area contributed by atoms with Gasteiger partial charge in [-0.15, -0.1) is 0 Å². The van der Waals surface area contributed by atoms with E-state index < -0.39 is 0 Å². The Morgan fingerprint density at radius 1 is 1.33 bits per heavy atom. The largest absolute Gasteiger partial charge is 0.374 e. The summed E-state index contributed by atoms with van der Waals surface area (Å²) < 4.78 is 7.61. The van der Waals surface area contributed by atoms with Crippen LogP contribution in [0.3, 0.4) is 0 Å². The molecule has 130 valence electrons. The van der Waals surface area contributed by atoms with Gasteiger partial charge >= 0.3 is 0 Å². The van der Waals surface area contributed by atoms with E-state index >= 15 is 0 Å². The molecule has 24 heavy (non-hydrogen) atoms. The van der Waals surface area contributed by atoms with E-state index in [1.165, 1.54) is 5.56 Å². The van der Waals surface area contributed by atoms with Gasteiger partial charge in [-0.1, -0.05) is 41.9 Å². The fourth-order valence-electron chi connectivity index (χ4n) is 3.12. The minimum absolute atomic E-state index is 0.207. The lowest BCUT2D eigenvalue weighted by Crippen LogP contribution is -2.46. The monoisotopic (exact) mass is 348 g/mol. The molecule has 1 aromatic carbocycles. The number of morpholine rings is 1. The highest BCUT2D eigenvalue weighted by atomic mass is 35.5. The zero-order chi connectivity index (χ0) is 16.9. The van der Waals surface area contributed by atoms with Crippen LogP contribution in [0.15, 0.2) is 30.3 Å².